The normalized spacial score (nSPS) is 10.5. The predicted octanol–water partition coefficient (Wildman–Crippen LogP) is 0.932. The summed E-state index contributed by atoms with van der Waals surface area (Å²) in [5.41, 5.74) is 4.62. The highest BCUT2D eigenvalue weighted by Crippen LogP contribution is 2.11. The second-order valence-corrected chi connectivity index (χ2v) is 1.53. The third-order valence-corrected chi connectivity index (χ3v) is 0.993. The SMILES string of the molecule is Cl.NCC(F)(F)CS. The Hall–Kier alpha value is 0.460. The van der Waals surface area contributed by atoms with E-state index in [0.717, 1.165) is 0 Å². The number of nitrogens with two attached hydrogens (primary N) is 1. The number of alkyl halides is 2. The van der Waals surface area contributed by atoms with Crippen molar-refractivity contribution >= 4 is 25.0 Å². The minimum Gasteiger partial charge on any atom is -0.325 e. The lowest BCUT2D eigenvalue weighted by Gasteiger charge is -2.07. The molecule has 52 valence electrons. The summed E-state index contributed by atoms with van der Waals surface area (Å²) in [6, 6.07) is 0. The maximum atomic E-state index is 11.7. The molecule has 0 unspecified atom stereocenters. The average Bonchev–Trinajstić information content (AvgIpc) is 1.68. The summed E-state index contributed by atoms with van der Waals surface area (Å²) < 4.78 is 23.4. The highest BCUT2D eigenvalue weighted by Gasteiger charge is 2.23. The van der Waals surface area contributed by atoms with E-state index in [1.54, 1.807) is 0 Å². The quantitative estimate of drug-likeness (QED) is 0.582. The Morgan fingerprint density at radius 3 is 1.88 bits per heavy atom. The first-order valence-electron chi connectivity index (χ1n) is 1.81. The summed E-state index contributed by atoms with van der Waals surface area (Å²) in [5, 5.41) is 0. The summed E-state index contributed by atoms with van der Waals surface area (Å²) in [4.78, 5) is 0. The van der Waals surface area contributed by atoms with Gasteiger partial charge in [0.25, 0.3) is 5.92 Å². The number of hydrogen-bond acceptors (Lipinski definition) is 2. The molecule has 0 aliphatic heterocycles. The van der Waals surface area contributed by atoms with Crippen molar-refractivity contribution in [1.82, 2.24) is 0 Å². The van der Waals surface area contributed by atoms with E-state index in [1.165, 1.54) is 0 Å². The molecular weight excluding hydrogens is 156 g/mol. The van der Waals surface area contributed by atoms with Gasteiger partial charge in [0, 0.05) is 0 Å². The molecule has 0 aromatic carbocycles. The van der Waals surface area contributed by atoms with Crippen molar-refractivity contribution in [3.05, 3.63) is 0 Å². The van der Waals surface area contributed by atoms with Crippen LogP contribution in [0.2, 0.25) is 0 Å². The van der Waals surface area contributed by atoms with Crippen molar-refractivity contribution in [2.45, 2.75) is 5.92 Å². The first-order valence-corrected chi connectivity index (χ1v) is 2.44. The molecule has 2 N–H and O–H groups in total. The summed E-state index contributed by atoms with van der Waals surface area (Å²) in [5.74, 6) is -3.24. The van der Waals surface area contributed by atoms with E-state index in [2.05, 4.69) is 18.4 Å². The zero-order valence-corrected chi connectivity index (χ0v) is 5.81. The molecule has 0 rings (SSSR count). The van der Waals surface area contributed by atoms with Crippen LogP contribution in [0.4, 0.5) is 8.78 Å². The fourth-order valence-electron chi connectivity index (χ4n) is 0.0645. The molecular formula is C3H8ClF2NS. The van der Waals surface area contributed by atoms with Crippen LogP contribution in [0.15, 0.2) is 0 Å². The lowest BCUT2D eigenvalue weighted by atomic mass is 10.4. The van der Waals surface area contributed by atoms with Crippen LogP contribution in [0.25, 0.3) is 0 Å². The average molecular weight is 164 g/mol. The fourth-order valence-corrected chi connectivity index (χ4v) is 0.194. The van der Waals surface area contributed by atoms with Gasteiger partial charge in [-0.05, 0) is 0 Å². The van der Waals surface area contributed by atoms with Gasteiger partial charge in [0.05, 0.1) is 12.3 Å². The molecule has 0 bridgehead atoms. The number of halogens is 3. The van der Waals surface area contributed by atoms with Crippen molar-refractivity contribution in [3.8, 4) is 0 Å². The number of rotatable bonds is 2. The molecule has 5 heteroatoms. The molecule has 0 saturated heterocycles. The molecule has 0 aromatic heterocycles. The monoisotopic (exact) mass is 163 g/mol. The van der Waals surface area contributed by atoms with Gasteiger partial charge >= 0.3 is 0 Å². The van der Waals surface area contributed by atoms with Gasteiger partial charge in [-0.3, -0.25) is 0 Å². The topological polar surface area (TPSA) is 26.0 Å². The van der Waals surface area contributed by atoms with Crippen molar-refractivity contribution < 1.29 is 8.78 Å². The molecule has 0 radical (unpaired) electrons. The molecule has 8 heavy (non-hydrogen) atoms. The van der Waals surface area contributed by atoms with Crippen LogP contribution in [0.5, 0.6) is 0 Å². The lowest BCUT2D eigenvalue weighted by Crippen LogP contribution is -2.29. The minimum atomic E-state index is -2.77. The van der Waals surface area contributed by atoms with E-state index < -0.39 is 18.2 Å². The highest BCUT2D eigenvalue weighted by atomic mass is 35.5. The third kappa shape index (κ3) is 4.61. The van der Waals surface area contributed by atoms with Gasteiger partial charge in [0.15, 0.2) is 0 Å². The lowest BCUT2D eigenvalue weighted by molar-refractivity contribution is 0.0379. The van der Waals surface area contributed by atoms with Crippen LogP contribution in [0, 0.1) is 0 Å². The zero-order valence-electron chi connectivity index (χ0n) is 4.10. The van der Waals surface area contributed by atoms with E-state index >= 15 is 0 Å². The molecule has 0 aromatic rings. The zero-order chi connectivity index (χ0) is 5.91. The van der Waals surface area contributed by atoms with Crippen molar-refractivity contribution in [1.29, 1.82) is 0 Å². The maximum absolute atomic E-state index is 11.7. The van der Waals surface area contributed by atoms with Crippen LogP contribution in [0.1, 0.15) is 0 Å². The molecule has 0 amide bonds. The maximum Gasteiger partial charge on any atom is 0.268 e. The van der Waals surface area contributed by atoms with Crippen LogP contribution in [-0.2, 0) is 0 Å². The molecule has 0 atom stereocenters. The third-order valence-electron chi connectivity index (χ3n) is 0.530. The molecule has 0 fully saturated rings. The Morgan fingerprint density at radius 1 is 1.50 bits per heavy atom. The van der Waals surface area contributed by atoms with Gasteiger partial charge in [0.1, 0.15) is 0 Å². The molecule has 0 heterocycles. The van der Waals surface area contributed by atoms with E-state index in [4.69, 9.17) is 0 Å². The van der Waals surface area contributed by atoms with E-state index in [1.807, 2.05) is 0 Å². The van der Waals surface area contributed by atoms with E-state index in [0.29, 0.717) is 0 Å². The minimum absolute atomic E-state index is 0. The Labute approximate surface area is 58.4 Å². The first kappa shape index (κ1) is 11.3. The molecule has 1 nitrogen and oxygen atoms in total. The van der Waals surface area contributed by atoms with Gasteiger partial charge in [0.2, 0.25) is 0 Å². The van der Waals surface area contributed by atoms with Gasteiger partial charge in [-0.15, -0.1) is 12.4 Å². The number of thiol groups is 1. The van der Waals surface area contributed by atoms with Gasteiger partial charge in [-0.2, -0.15) is 12.6 Å². The van der Waals surface area contributed by atoms with Gasteiger partial charge in [-0.25, -0.2) is 8.78 Å². The van der Waals surface area contributed by atoms with E-state index in [-0.39, 0.29) is 12.4 Å². The van der Waals surface area contributed by atoms with Gasteiger partial charge in [-0.1, -0.05) is 0 Å². The summed E-state index contributed by atoms with van der Waals surface area (Å²) >= 11 is 3.35. The van der Waals surface area contributed by atoms with Crippen molar-refractivity contribution in [3.63, 3.8) is 0 Å². The number of hydrogen-bond donors (Lipinski definition) is 2. The standard InChI is InChI=1S/C3H7F2NS.ClH/c4-3(5,1-6)2-7;/h7H,1-2,6H2;1H. The second-order valence-electron chi connectivity index (χ2n) is 1.22. The van der Waals surface area contributed by atoms with Gasteiger partial charge < -0.3 is 5.73 Å². The Kier molecular flexibility index (Phi) is 6.13. The van der Waals surface area contributed by atoms with Crippen LogP contribution in [-0.4, -0.2) is 18.2 Å². The largest absolute Gasteiger partial charge is 0.325 e. The van der Waals surface area contributed by atoms with Crippen LogP contribution in [0.3, 0.4) is 0 Å². The highest BCUT2D eigenvalue weighted by molar-refractivity contribution is 7.80. The second kappa shape index (κ2) is 4.35. The van der Waals surface area contributed by atoms with E-state index in [9.17, 15) is 8.78 Å². The summed E-state index contributed by atoms with van der Waals surface area (Å²) in [7, 11) is 0. The first-order chi connectivity index (χ1) is 3.12. The Bertz CT molecular complexity index is 55.2. The molecule has 0 spiro atoms. The van der Waals surface area contributed by atoms with Crippen molar-refractivity contribution in [2.75, 3.05) is 12.3 Å². The Balaban J connectivity index is 0. The summed E-state index contributed by atoms with van der Waals surface area (Å²) in [6.45, 7) is -0.615. The summed E-state index contributed by atoms with van der Waals surface area (Å²) in [6.07, 6.45) is 0. The fraction of sp³-hybridized carbons (Fsp3) is 1.00. The Morgan fingerprint density at radius 2 is 1.88 bits per heavy atom. The van der Waals surface area contributed by atoms with Crippen LogP contribution < -0.4 is 5.73 Å². The van der Waals surface area contributed by atoms with Crippen LogP contribution >= 0.6 is 25.0 Å². The smallest absolute Gasteiger partial charge is 0.268 e. The molecule has 0 aliphatic rings. The molecule has 0 saturated carbocycles. The predicted molar refractivity (Wildman–Crippen MR) is 35.1 cm³/mol. The van der Waals surface area contributed by atoms with Crippen molar-refractivity contribution in [2.24, 2.45) is 5.73 Å². The molecule has 0 aliphatic carbocycles.